The molecule has 0 aliphatic carbocycles. The Kier molecular flexibility index (Phi) is 4.83. The second kappa shape index (κ2) is 6.38. The van der Waals surface area contributed by atoms with Crippen molar-refractivity contribution in [2.24, 2.45) is 0 Å². The highest BCUT2D eigenvalue weighted by molar-refractivity contribution is 6.44. The quantitative estimate of drug-likeness (QED) is 0.680. The minimum atomic E-state index is 0.483. The fraction of sp³-hybridized carbons (Fsp3) is 0.273. The maximum Gasteiger partial charge on any atom is 0.213 e. The summed E-state index contributed by atoms with van der Waals surface area (Å²) in [5.74, 6) is 0.658. The molecule has 0 radical (unpaired) electrons. The van der Waals surface area contributed by atoms with Gasteiger partial charge in [0.25, 0.3) is 0 Å². The van der Waals surface area contributed by atoms with E-state index in [-0.39, 0.29) is 0 Å². The summed E-state index contributed by atoms with van der Waals surface area (Å²) >= 11 is 18.1. The standard InChI is InChI=1S/C11H10Cl3N3O/c12-8-1-2-9(13)11(14)7(8)5-15-4-3-10-16-6-18-17-10/h1-2,6,15H,3-5H2. The highest BCUT2D eigenvalue weighted by Crippen LogP contribution is 2.31. The highest BCUT2D eigenvalue weighted by atomic mass is 35.5. The number of nitrogens with one attached hydrogen (secondary N) is 1. The fourth-order valence-electron chi connectivity index (χ4n) is 1.45. The molecular formula is C11H10Cl3N3O. The molecule has 1 N–H and O–H groups in total. The molecule has 0 atom stereocenters. The Morgan fingerprint density at radius 2 is 1.94 bits per heavy atom. The average Bonchev–Trinajstić information content (AvgIpc) is 2.86. The third-order valence-electron chi connectivity index (χ3n) is 2.37. The van der Waals surface area contributed by atoms with E-state index in [1.165, 1.54) is 6.39 Å². The van der Waals surface area contributed by atoms with Gasteiger partial charge in [-0.3, -0.25) is 0 Å². The van der Waals surface area contributed by atoms with Crippen LogP contribution in [-0.4, -0.2) is 16.7 Å². The molecule has 0 aliphatic heterocycles. The fourth-order valence-corrected chi connectivity index (χ4v) is 2.13. The lowest BCUT2D eigenvalue weighted by atomic mass is 10.2. The summed E-state index contributed by atoms with van der Waals surface area (Å²) in [6.07, 6.45) is 1.98. The number of halogens is 3. The molecule has 0 fully saturated rings. The Morgan fingerprint density at radius 3 is 2.67 bits per heavy atom. The molecule has 1 aromatic heterocycles. The van der Waals surface area contributed by atoms with Gasteiger partial charge in [-0.25, -0.2) is 0 Å². The topological polar surface area (TPSA) is 51.0 Å². The lowest BCUT2D eigenvalue weighted by molar-refractivity contribution is 0.409. The minimum absolute atomic E-state index is 0.483. The van der Waals surface area contributed by atoms with Crippen molar-refractivity contribution in [3.63, 3.8) is 0 Å². The van der Waals surface area contributed by atoms with Gasteiger partial charge in [-0.1, -0.05) is 40.0 Å². The molecule has 96 valence electrons. The number of nitrogens with zero attached hydrogens (tertiary/aromatic N) is 2. The van der Waals surface area contributed by atoms with Gasteiger partial charge in [-0.15, -0.1) is 0 Å². The van der Waals surface area contributed by atoms with Crippen molar-refractivity contribution in [3.8, 4) is 0 Å². The lowest BCUT2D eigenvalue weighted by Gasteiger charge is -2.09. The van der Waals surface area contributed by atoms with Crippen LogP contribution in [0.5, 0.6) is 0 Å². The van der Waals surface area contributed by atoms with E-state index >= 15 is 0 Å². The summed E-state index contributed by atoms with van der Waals surface area (Å²) in [5, 5.41) is 8.48. The second-order valence-electron chi connectivity index (χ2n) is 3.60. The number of benzene rings is 1. The first-order valence-electron chi connectivity index (χ1n) is 5.27. The van der Waals surface area contributed by atoms with Crippen molar-refractivity contribution in [3.05, 3.63) is 45.0 Å². The Labute approximate surface area is 119 Å². The third-order valence-corrected chi connectivity index (χ3v) is 3.57. The van der Waals surface area contributed by atoms with Crippen LogP contribution in [0.15, 0.2) is 23.0 Å². The van der Waals surface area contributed by atoms with Crippen molar-refractivity contribution in [2.45, 2.75) is 13.0 Å². The van der Waals surface area contributed by atoms with Crippen LogP contribution in [0.4, 0.5) is 0 Å². The van der Waals surface area contributed by atoms with Crippen LogP contribution >= 0.6 is 34.8 Å². The minimum Gasteiger partial charge on any atom is -0.343 e. The zero-order chi connectivity index (χ0) is 13.0. The number of rotatable bonds is 5. The van der Waals surface area contributed by atoms with E-state index in [4.69, 9.17) is 34.8 Å². The van der Waals surface area contributed by atoms with E-state index in [9.17, 15) is 0 Å². The van der Waals surface area contributed by atoms with E-state index in [0.29, 0.717) is 40.4 Å². The maximum absolute atomic E-state index is 6.08. The van der Waals surface area contributed by atoms with E-state index in [2.05, 4.69) is 20.0 Å². The molecule has 0 aliphatic rings. The number of aromatic nitrogens is 2. The molecule has 1 aromatic carbocycles. The molecule has 0 amide bonds. The van der Waals surface area contributed by atoms with Gasteiger partial charge in [0.15, 0.2) is 5.82 Å². The summed E-state index contributed by atoms with van der Waals surface area (Å²) in [6, 6.07) is 3.40. The zero-order valence-corrected chi connectivity index (χ0v) is 11.6. The van der Waals surface area contributed by atoms with E-state index < -0.39 is 0 Å². The van der Waals surface area contributed by atoms with Crippen molar-refractivity contribution in [1.29, 1.82) is 0 Å². The van der Waals surface area contributed by atoms with Gasteiger partial charge in [-0.2, -0.15) is 4.98 Å². The van der Waals surface area contributed by atoms with E-state index in [1.54, 1.807) is 12.1 Å². The van der Waals surface area contributed by atoms with E-state index in [0.717, 1.165) is 5.56 Å². The van der Waals surface area contributed by atoms with Crippen molar-refractivity contribution < 1.29 is 4.52 Å². The molecule has 2 rings (SSSR count). The normalized spacial score (nSPS) is 10.8. The van der Waals surface area contributed by atoms with Crippen LogP contribution < -0.4 is 5.32 Å². The molecule has 0 saturated carbocycles. The Balaban J connectivity index is 1.88. The molecule has 1 heterocycles. The van der Waals surface area contributed by atoms with Crippen LogP contribution in [0, 0.1) is 0 Å². The molecule has 2 aromatic rings. The smallest absolute Gasteiger partial charge is 0.213 e. The molecule has 18 heavy (non-hydrogen) atoms. The largest absolute Gasteiger partial charge is 0.343 e. The van der Waals surface area contributed by atoms with Gasteiger partial charge in [-0.05, 0) is 12.1 Å². The third kappa shape index (κ3) is 3.36. The molecule has 7 heteroatoms. The van der Waals surface area contributed by atoms with Gasteiger partial charge >= 0.3 is 0 Å². The van der Waals surface area contributed by atoms with Crippen molar-refractivity contribution >= 4 is 34.8 Å². The monoisotopic (exact) mass is 305 g/mol. The summed E-state index contributed by atoms with van der Waals surface area (Å²) in [4.78, 5) is 3.92. The Morgan fingerprint density at radius 1 is 1.17 bits per heavy atom. The molecule has 0 bridgehead atoms. The van der Waals surface area contributed by atoms with E-state index in [1.807, 2.05) is 0 Å². The first-order valence-corrected chi connectivity index (χ1v) is 6.40. The summed E-state index contributed by atoms with van der Waals surface area (Å²) in [6.45, 7) is 1.23. The van der Waals surface area contributed by atoms with Crippen molar-refractivity contribution in [1.82, 2.24) is 15.5 Å². The predicted octanol–water partition coefficient (Wildman–Crippen LogP) is 3.36. The Hall–Kier alpha value is -0.810. The van der Waals surface area contributed by atoms with Crippen LogP contribution in [0.25, 0.3) is 0 Å². The molecule has 0 unspecified atom stereocenters. The average molecular weight is 307 g/mol. The van der Waals surface area contributed by atoms with Crippen LogP contribution in [0.2, 0.25) is 15.1 Å². The maximum atomic E-state index is 6.08. The van der Waals surface area contributed by atoms with Crippen LogP contribution in [0.1, 0.15) is 11.4 Å². The van der Waals surface area contributed by atoms with Gasteiger partial charge in [0.1, 0.15) is 0 Å². The van der Waals surface area contributed by atoms with Gasteiger partial charge in [0.2, 0.25) is 6.39 Å². The highest BCUT2D eigenvalue weighted by Gasteiger charge is 2.09. The summed E-state index contributed by atoms with van der Waals surface area (Å²) in [5.41, 5.74) is 0.791. The number of hydrogen-bond donors (Lipinski definition) is 1. The van der Waals surface area contributed by atoms with Crippen molar-refractivity contribution in [2.75, 3.05) is 6.54 Å². The predicted molar refractivity (Wildman–Crippen MR) is 71.2 cm³/mol. The van der Waals surface area contributed by atoms with Gasteiger partial charge in [0.05, 0.1) is 10.0 Å². The van der Waals surface area contributed by atoms with Gasteiger partial charge in [0, 0.05) is 30.1 Å². The first-order chi connectivity index (χ1) is 8.68. The molecule has 0 spiro atoms. The molecule has 4 nitrogen and oxygen atoms in total. The Bertz CT molecular complexity index is 517. The molecule has 0 saturated heterocycles. The zero-order valence-electron chi connectivity index (χ0n) is 9.29. The van der Waals surface area contributed by atoms with Gasteiger partial charge < -0.3 is 9.84 Å². The summed E-state index contributed by atoms with van der Waals surface area (Å²) in [7, 11) is 0. The van der Waals surface area contributed by atoms with Crippen LogP contribution in [0.3, 0.4) is 0 Å². The SMILES string of the molecule is Clc1ccc(Cl)c(CNCCc2ncon2)c1Cl. The molecular weight excluding hydrogens is 296 g/mol. The summed E-state index contributed by atoms with van der Waals surface area (Å²) < 4.78 is 4.64. The lowest BCUT2D eigenvalue weighted by Crippen LogP contribution is -2.17. The second-order valence-corrected chi connectivity index (χ2v) is 4.79. The van der Waals surface area contributed by atoms with Crippen LogP contribution in [-0.2, 0) is 13.0 Å². The number of hydrogen-bond acceptors (Lipinski definition) is 4. The first kappa shape index (κ1) is 13.6.